The van der Waals surface area contributed by atoms with Crippen LogP contribution in [0, 0.1) is 0 Å². The van der Waals surface area contributed by atoms with Crippen LogP contribution in [-0.4, -0.2) is 46.8 Å². The zero-order valence-electron chi connectivity index (χ0n) is 11.4. The fraction of sp³-hybridized carbons (Fsp3) is 0.583. The number of carboxylic acids is 1. The lowest BCUT2D eigenvalue weighted by atomic mass is 10.1. The molecule has 0 fully saturated rings. The third-order valence-electron chi connectivity index (χ3n) is 2.09. The first-order valence-electron chi connectivity index (χ1n) is 5.66. The Balaban J connectivity index is 4.65. The van der Waals surface area contributed by atoms with E-state index in [0.29, 0.717) is 0 Å². The van der Waals surface area contributed by atoms with Crippen LogP contribution in [-0.2, 0) is 33.4 Å². The van der Waals surface area contributed by atoms with Gasteiger partial charge in [-0.1, -0.05) is 0 Å². The highest BCUT2D eigenvalue weighted by Crippen LogP contribution is 2.13. The lowest BCUT2D eigenvalue weighted by Gasteiger charge is -2.24. The van der Waals surface area contributed by atoms with Gasteiger partial charge in [-0.2, -0.15) is 0 Å². The van der Waals surface area contributed by atoms with Gasteiger partial charge >= 0.3 is 17.9 Å². The minimum atomic E-state index is -2.11. The topological polar surface area (TPSA) is 124 Å². The van der Waals surface area contributed by atoms with Gasteiger partial charge in [-0.3, -0.25) is 19.2 Å². The molecule has 0 aromatic heterocycles. The molecular weight excluding hydrogens is 272 g/mol. The number of esters is 2. The van der Waals surface area contributed by atoms with Gasteiger partial charge < -0.3 is 14.6 Å². The summed E-state index contributed by atoms with van der Waals surface area (Å²) in [6.07, 6.45) is -1.08. The molecule has 8 heteroatoms. The molecule has 20 heavy (non-hydrogen) atoms. The average Bonchev–Trinajstić information content (AvgIpc) is 2.23. The zero-order valence-corrected chi connectivity index (χ0v) is 11.4. The van der Waals surface area contributed by atoms with E-state index in [2.05, 4.69) is 9.47 Å². The molecule has 0 aliphatic carbocycles. The molecule has 0 heterocycles. The van der Waals surface area contributed by atoms with Crippen LogP contribution in [0.5, 0.6) is 0 Å². The number of ketones is 2. The Hall–Kier alpha value is -2.25. The van der Waals surface area contributed by atoms with Gasteiger partial charge in [0.25, 0.3) is 0 Å². The molecule has 1 unspecified atom stereocenters. The maximum absolute atomic E-state index is 11.3. The van der Waals surface area contributed by atoms with Crippen LogP contribution < -0.4 is 0 Å². The van der Waals surface area contributed by atoms with E-state index in [-0.39, 0.29) is 0 Å². The Labute approximate surface area is 115 Å². The van der Waals surface area contributed by atoms with Gasteiger partial charge in [0.15, 0.2) is 0 Å². The lowest BCUT2D eigenvalue weighted by Crippen LogP contribution is -2.45. The van der Waals surface area contributed by atoms with Crippen molar-refractivity contribution in [1.29, 1.82) is 0 Å². The number of hydrogen-bond acceptors (Lipinski definition) is 7. The Bertz CT molecular complexity index is 439. The molecule has 112 valence electrons. The second kappa shape index (κ2) is 7.37. The Kier molecular flexibility index (Phi) is 6.54. The van der Waals surface area contributed by atoms with Crippen LogP contribution in [0.25, 0.3) is 0 Å². The van der Waals surface area contributed by atoms with Crippen molar-refractivity contribution in [3.8, 4) is 0 Å². The van der Waals surface area contributed by atoms with Gasteiger partial charge in [0.2, 0.25) is 5.60 Å². The number of hydrogen-bond donors (Lipinski definition) is 1. The predicted molar refractivity (Wildman–Crippen MR) is 63.7 cm³/mol. The Morgan fingerprint density at radius 1 is 0.950 bits per heavy atom. The molecule has 0 spiro atoms. The molecular formula is C12H16O8. The predicted octanol–water partition coefficient (Wildman–Crippen LogP) is -0.126. The van der Waals surface area contributed by atoms with Gasteiger partial charge in [0.05, 0.1) is 0 Å². The summed E-state index contributed by atoms with van der Waals surface area (Å²) in [4.78, 5) is 54.9. The zero-order chi connectivity index (χ0) is 15.9. The molecule has 0 radical (unpaired) electrons. The largest absolute Gasteiger partial charge is 0.478 e. The molecule has 8 nitrogen and oxygen atoms in total. The molecule has 0 aromatic carbocycles. The van der Waals surface area contributed by atoms with Gasteiger partial charge in [-0.05, 0) is 20.8 Å². The number of rotatable bonds is 8. The first kappa shape index (κ1) is 17.8. The Morgan fingerprint density at radius 2 is 1.40 bits per heavy atom. The SMILES string of the molecule is CC(=O)CC(=O)OCC(C)(OC(=O)CC(C)=O)C(=O)O. The normalized spacial score (nSPS) is 12.9. The van der Waals surface area contributed by atoms with Crippen molar-refractivity contribution >= 4 is 29.5 Å². The molecule has 1 N–H and O–H groups in total. The quantitative estimate of drug-likeness (QED) is 0.484. The third kappa shape index (κ3) is 6.62. The second-order valence-corrected chi connectivity index (χ2v) is 4.43. The summed E-state index contributed by atoms with van der Waals surface area (Å²) in [6, 6.07) is 0. The molecule has 0 aliphatic rings. The van der Waals surface area contributed by atoms with E-state index in [1.54, 1.807) is 0 Å². The van der Waals surface area contributed by atoms with Crippen molar-refractivity contribution in [2.45, 2.75) is 39.2 Å². The van der Waals surface area contributed by atoms with Gasteiger partial charge in [-0.25, -0.2) is 4.79 Å². The molecule has 0 amide bonds. The summed E-state index contributed by atoms with van der Waals surface area (Å²) in [7, 11) is 0. The number of carboxylic acid groups (broad SMARTS) is 1. The first-order chi connectivity index (χ1) is 9.06. The number of Topliss-reactive ketones (excluding diaryl/α,β-unsaturated/α-hetero) is 2. The van der Waals surface area contributed by atoms with Crippen molar-refractivity contribution in [2.24, 2.45) is 0 Å². The molecule has 0 saturated carbocycles. The number of aliphatic carboxylic acids is 1. The Morgan fingerprint density at radius 3 is 1.80 bits per heavy atom. The van der Waals surface area contributed by atoms with Crippen LogP contribution in [0.15, 0.2) is 0 Å². The highest BCUT2D eigenvalue weighted by Gasteiger charge is 2.39. The standard InChI is InChI=1S/C12H16O8/c1-7(13)4-9(15)19-6-12(3,11(17)18)20-10(16)5-8(2)14/h4-6H2,1-3H3,(H,17,18). The van der Waals surface area contributed by atoms with Gasteiger partial charge in [-0.15, -0.1) is 0 Å². The van der Waals surface area contributed by atoms with E-state index in [9.17, 15) is 24.0 Å². The highest BCUT2D eigenvalue weighted by molar-refractivity contribution is 5.96. The molecule has 0 saturated heterocycles. The molecule has 0 aliphatic heterocycles. The van der Waals surface area contributed by atoms with E-state index in [0.717, 1.165) is 13.8 Å². The van der Waals surface area contributed by atoms with E-state index in [4.69, 9.17) is 5.11 Å². The van der Waals surface area contributed by atoms with E-state index < -0.39 is 54.5 Å². The summed E-state index contributed by atoms with van der Waals surface area (Å²) in [5.41, 5.74) is -2.11. The van der Waals surface area contributed by atoms with E-state index in [1.165, 1.54) is 6.92 Å². The summed E-state index contributed by atoms with van der Waals surface area (Å²) in [5, 5.41) is 8.99. The maximum Gasteiger partial charge on any atom is 0.351 e. The molecule has 0 rings (SSSR count). The second-order valence-electron chi connectivity index (χ2n) is 4.43. The average molecular weight is 288 g/mol. The van der Waals surface area contributed by atoms with Crippen LogP contribution >= 0.6 is 0 Å². The minimum absolute atomic E-state index is 0.444. The molecule has 0 bridgehead atoms. The monoisotopic (exact) mass is 288 g/mol. The van der Waals surface area contributed by atoms with Crippen molar-refractivity contribution in [3.63, 3.8) is 0 Å². The maximum atomic E-state index is 11.3. The van der Waals surface area contributed by atoms with Gasteiger partial charge in [0.1, 0.15) is 31.0 Å². The van der Waals surface area contributed by atoms with E-state index in [1.807, 2.05) is 0 Å². The smallest absolute Gasteiger partial charge is 0.351 e. The number of ether oxygens (including phenoxy) is 2. The summed E-state index contributed by atoms with van der Waals surface area (Å²) >= 11 is 0. The van der Waals surface area contributed by atoms with Crippen LogP contribution in [0.2, 0.25) is 0 Å². The highest BCUT2D eigenvalue weighted by atomic mass is 16.6. The summed E-state index contributed by atoms with van der Waals surface area (Å²) in [6.45, 7) is 2.59. The fourth-order valence-electron chi connectivity index (χ4n) is 1.10. The first-order valence-corrected chi connectivity index (χ1v) is 5.66. The van der Waals surface area contributed by atoms with Crippen molar-refractivity contribution < 1.29 is 38.6 Å². The number of carbonyl (C=O) groups is 5. The van der Waals surface area contributed by atoms with E-state index >= 15 is 0 Å². The molecule has 1 atom stereocenters. The van der Waals surface area contributed by atoms with Gasteiger partial charge in [0, 0.05) is 0 Å². The van der Waals surface area contributed by atoms with Crippen molar-refractivity contribution in [3.05, 3.63) is 0 Å². The molecule has 0 aromatic rings. The van der Waals surface area contributed by atoms with Crippen molar-refractivity contribution in [1.82, 2.24) is 0 Å². The van der Waals surface area contributed by atoms with Crippen LogP contribution in [0.4, 0.5) is 0 Å². The van der Waals surface area contributed by atoms with Crippen LogP contribution in [0.3, 0.4) is 0 Å². The number of carbonyl (C=O) groups excluding carboxylic acids is 4. The lowest BCUT2D eigenvalue weighted by molar-refractivity contribution is -0.186. The third-order valence-corrected chi connectivity index (χ3v) is 2.09. The minimum Gasteiger partial charge on any atom is -0.478 e. The fourth-order valence-corrected chi connectivity index (χ4v) is 1.10. The van der Waals surface area contributed by atoms with Crippen molar-refractivity contribution in [2.75, 3.05) is 6.61 Å². The summed E-state index contributed by atoms with van der Waals surface area (Å²) in [5.74, 6) is -4.43. The van der Waals surface area contributed by atoms with Crippen LogP contribution in [0.1, 0.15) is 33.6 Å². The summed E-state index contributed by atoms with van der Waals surface area (Å²) < 4.78 is 9.23.